The van der Waals surface area contributed by atoms with Crippen LogP contribution in [0.4, 0.5) is 8.78 Å². The number of benzene rings is 2. The molecule has 0 aliphatic carbocycles. The smallest absolute Gasteiger partial charge is 0.320 e. The number of ether oxygens (including phenoxy) is 1. The third-order valence-corrected chi connectivity index (χ3v) is 3.57. The van der Waals surface area contributed by atoms with Crippen LogP contribution in [0.3, 0.4) is 0 Å². The molecule has 0 atom stereocenters. The van der Waals surface area contributed by atoms with E-state index in [-0.39, 0.29) is 5.56 Å². The number of aryl methyl sites for hydroxylation is 1. The maximum atomic E-state index is 13.5. The topological polar surface area (TPSA) is 9.23 Å². The van der Waals surface area contributed by atoms with Crippen molar-refractivity contribution in [2.24, 2.45) is 0 Å². The van der Waals surface area contributed by atoms with Crippen molar-refractivity contribution in [2.45, 2.75) is 38.7 Å². The number of hydrogen-bond acceptors (Lipinski definition) is 1. The summed E-state index contributed by atoms with van der Waals surface area (Å²) < 4.78 is 31.2. The average molecular weight is 278 g/mol. The molecule has 0 aliphatic heterocycles. The molecule has 0 N–H and O–H groups in total. The van der Waals surface area contributed by atoms with Crippen molar-refractivity contribution in [2.75, 3.05) is 7.11 Å². The second kappa shape index (κ2) is 6.31. The molecular formula is C17H20F2O. The number of halogens is 2. The van der Waals surface area contributed by atoms with E-state index in [1.165, 1.54) is 37.0 Å². The Balaban J connectivity index is 2.25. The molecule has 0 aliphatic rings. The summed E-state index contributed by atoms with van der Waals surface area (Å²) in [6.07, 6.45) is 1.40. The minimum absolute atomic E-state index is 0.105. The Kier molecular flexibility index (Phi) is 4.71. The molecule has 0 saturated carbocycles. The molecule has 0 aromatic heterocycles. The van der Waals surface area contributed by atoms with Crippen LogP contribution in [-0.4, -0.2) is 7.11 Å². The van der Waals surface area contributed by atoms with Gasteiger partial charge in [0.05, 0.1) is 5.56 Å². The summed E-state index contributed by atoms with van der Waals surface area (Å²) in [6, 6.07) is 10.7. The van der Waals surface area contributed by atoms with Gasteiger partial charge in [-0.05, 0) is 41.3 Å². The highest BCUT2D eigenvalue weighted by Gasteiger charge is 2.31. The van der Waals surface area contributed by atoms with Gasteiger partial charge in [0.1, 0.15) is 0 Å². The van der Waals surface area contributed by atoms with Gasteiger partial charge in [-0.3, -0.25) is 0 Å². The molecule has 3 heteroatoms. The lowest BCUT2D eigenvalue weighted by atomic mass is 10.0. The Bertz CT molecular complexity index is 578. The predicted molar refractivity (Wildman–Crippen MR) is 78.1 cm³/mol. The quantitative estimate of drug-likeness (QED) is 0.654. The first kappa shape index (κ1) is 14.9. The summed E-state index contributed by atoms with van der Waals surface area (Å²) in [5, 5.41) is 1.81. The highest BCUT2D eigenvalue weighted by molar-refractivity contribution is 5.84. The van der Waals surface area contributed by atoms with E-state index in [9.17, 15) is 8.78 Å². The van der Waals surface area contributed by atoms with Gasteiger partial charge in [-0.25, -0.2) is 0 Å². The van der Waals surface area contributed by atoms with Crippen LogP contribution in [0.5, 0.6) is 0 Å². The number of methoxy groups -OCH3 is 1. The van der Waals surface area contributed by atoms with Gasteiger partial charge >= 0.3 is 6.11 Å². The van der Waals surface area contributed by atoms with Crippen LogP contribution in [0.2, 0.25) is 0 Å². The fourth-order valence-electron chi connectivity index (χ4n) is 2.33. The Labute approximate surface area is 118 Å². The van der Waals surface area contributed by atoms with Gasteiger partial charge in [0.2, 0.25) is 0 Å². The van der Waals surface area contributed by atoms with Crippen LogP contribution >= 0.6 is 0 Å². The molecule has 0 fully saturated rings. The van der Waals surface area contributed by atoms with Gasteiger partial charge in [0.15, 0.2) is 0 Å². The predicted octanol–water partition coefficient (Wildman–Crippen LogP) is 5.27. The average Bonchev–Trinajstić information content (AvgIpc) is 2.47. The molecule has 1 nitrogen and oxygen atoms in total. The molecule has 0 radical (unpaired) electrons. The number of alkyl halides is 2. The van der Waals surface area contributed by atoms with Crippen LogP contribution in [0.15, 0.2) is 36.4 Å². The Morgan fingerprint density at radius 2 is 1.70 bits per heavy atom. The highest BCUT2D eigenvalue weighted by Crippen LogP contribution is 2.31. The monoisotopic (exact) mass is 278 g/mol. The SMILES string of the molecule is CCCCCc1ccc2cc(C(F)(F)OC)ccc2c1. The van der Waals surface area contributed by atoms with Crippen LogP contribution in [-0.2, 0) is 17.3 Å². The van der Waals surface area contributed by atoms with E-state index < -0.39 is 6.11 Å². The third kappa shape index (κ3) is 3.34. The lowest BCUT2D eigenvalue weighted by Gasteiger charge is -2.14. The molecule has 2 aromatic carbocycles. The van der Waals surface area contributed by atoms with E-state index >= 15 is 0 Å². The molecule has 0 spiro atoms. The lowest BCUT2D eigenvalue weighted by molar-refractivity contribution is -0.231. The minimum atomic E-state index is -3.23. The number of rotatable bonds is 6. The highest BCUT2D eigenvalue weighted by atomic mass is 19.3. The lowest BCUT2D eigenvalue weighted by Crippen LogP contribution is -2.15. The molecular weight excluding hydrogens is 258 g/mol. The van der Waals surface area contributed by atoms with Gasteiger partial charge in [0.25, 0.3) is 0 Å². The molecule has 20 heavy (non-hydrogen) atoms. The summed E-state index contributed by atoms with van der Waals surface area (Å²) in [7, 11) is 1.01. The number of unbranched alkanes of at least 4 members (excludes halogenated alkanes) is 2. The van der Waals surface area contributed by atoms with Crippen molar-refractivity contribution in [3.8, 4) is 0 Å². The van der Waals surface area contributed by atoms with E-state index in [4.69, 9.17) is 0 Å². The first-order valence-electron chi connectivity index (χ1n) is 7.03. The number of fused-ring (bicyclic) bond motifs is 1. The standard InChI is InChI=1S/C17H20F2O/c1-3-4-5-6-13-7-8-15-12-16(17(18,19)20-2)10-9-14(15)11-13/h7-12H,3-6H2,1-2H3. The zero-order chi connectivity index (χ0) is 14.6. The Hall–Kier alpha value is -1.48. The molecule has 108 valence electrons. The van der Waals surface area contributed by atoms with Crippen LogP contribution in [0, 0.1) is 0 Å². The van der Waals surface area contributed by atoms with Crippen LogP contribution < -0.4 is 0 Å². The molecule has 0 unspecified atom stereocenters. The van der Waals surface area contributed by atoms with Gasteiger partial charge in [-0.15, -0.1) is 0 Å². The fourth-order valence-corrected chi connectivity index (χ4v) is 2.33. The second-order valence-electron chi connectivity index (χ2n) is 5.07. The first-order chi connectivity index (χ1) is 9.56. The molecule has 0 bridgehead atoms. The first-order valence-corrected chi connectivity index (χ1v) is 7.03. The summed E-state index contributed by atoms with van der Waals surface area (Å²) in [4.78, 5) is 0. The van der Waals surface area contributed by atoms with Gasteiger partial charge in [-0.2, -0.15) is 8.78 Å². The molecule has 2 aromatic rings. The van der Waals surface area contributed by atoms with Crippen molar-refractivity contribution in [3.63, 3.8) is 0 Å². The fraction of sp³-hybridized carbons (Fsp3) is 0.412. The van der Waals surface area contributed by atoms with Gasteiger partial charge in [0, 0.05) is 7.11 Å². The van der Waals surface area contributed by atoms with Gasteiger partial charge < -0.3 is 4.74 Å². The van der Waals surface area contributed by atoms with Crippen molar-refractivity contribution in [1.29, 1.82) is 0 Å². The van der Waals surface area contributed by atoms with E-state index in [2.05, 4.69) is 17.7 Å². The van der Waals surface area contributed by atoms with E-state index in [1.54, 1.807) is 6.07 Å². The van der Waals surface area contributed by atoms with E-state index in [1.807, 2.05) is 12.1 Å². The molecule has 2 rings (SSSR count). The number of hydrogen-bond donors (Lipinski definition) is 0. The van der Waals surface area contributed by atoms with E-state index in [0.29, 0.717) is 0 Å². The minimum Gasteiger partial charge on any atom is -0.320 e. The van der Waals surface area contributed by atoms with Gasteiger partial charge in [-0.1, -0.05) is 44.0 Å². The third-order valence-electron chi connectivity index (χ3n) is 3.57. The normalized spacial score (nSPS) is 12.0. The summed E-state index contributed by atoms with van der Waals surface area (Å²) in [6.45, 7) is 2.18. The summed E-state index contributed by atoms with van der Waals surface area (Å²) >= 11 is 0. The molecule has 0 saturated heterocycles. The Morgan fingerprint density at radius 1 is 1.00 bits per heavy atom. The van der Waals surface area contributed by atoms with Crippen molar-refractivity contribution in [1.82, 2.24) is 0 Å². The maximum absolute atomic E-state index is 13.5. The van der Waals surface area contributed by atoms with Crippen molar-refractivity contribution < 1.29 is 13.5 Å². The van der Waals surface area contributed by atoms with Crippen molar-refractivity contribution >= 4 is 10.8 Å². The Morgan fingerprint density at radius 3 is 2.40 bits per heavy atom. The molecule has 0 heterocycles. The summed E-state index contributed by atoms with van der Waals surface area (Å²) in [5.41, 5.74) is 1.16. The largest absolute Gasteiger partial charge is 0.383 e. The van der Waals surface area contributed by atoms with Crippen molar-refractivity contribution in [3.05, 3.63) is 47.5 Å². The zero-order valence-electron chi connectivity index (χ0n) is 12.0. The maximum Gasteiger partial charge on any atom is 0.383 e. The molecule has 0 amide bonds. The zero-order valence-corrected chi connectivity index (χ0v) is 12.0. The second-order valence-corrected chi connectivity index (χ2v) is 5.07. The van der Waals surface area contributed by atoms with E-state index in [0.717, 1.165) is 24.3 Å². The summed E-state index contributed by atoms with van der Waals surface area (Å²) in [5.74, 6) is 0. The van der Waals surface area contributed by atoms with Crippen LogP contribution in [0.1, 0.15) is 37.3 Å². The van der Waals surface area contributed by atoms with Crippen LogP contribution in [0.25, 0.3) is 10.8 Å².